The molecule has 1 heterocycles. The van der Waals surface area contributed by atoms with Gasteiger partial charge in [0.05, 0.1) is 0 Å². The fourth-order valence-corrected chi connectivity index (χ4v) is 3.09. The van der Waals surface area contributed by atoms with Crippen LogP contribution in [0.1, 0.15) is 25.8 Å². The molecule has 1 aliphatic rings. The normalized spacial score (nSPS) is 20.5. The lowest BCUT2D eigenvalue weighted by Gasteiger charge is -2.08. The molecular formula is C13H16N2O3S. The molecule has 1 unspecified atom stereocenters. The van der Waals surface area contributed by atoms with E-state index in [1.165, 1.54) is 18.5 Å². The van der Waals surface area contributed by atoms with Crippen molar-refractivity contribution in [3.8, 4) is 11.8 Å². The molecule has 19 heavy (non-hydrogen) atoms. The van der Waals surface area contributed by atoms with Crippen LogP contribution in [0.5, 0.6) is 0 Å². The first-order valence-electron chi connectivity index (χ1n) is 5.92. The van der Waals surface area contributed by atoms with Crippen LogP contribution in [-0.2, 0) is 10.0 Å². The first-order chi connectivity index (χ1) is 8.85. The smallest absolute Gasteiger partial charge is 0.242 e. The van der Waals surface area contributed by atoms with Crippen LogP contribution in [0, 0.1) is 17.3 Å². The van der Waals surface area contributed by atoms with Gasteiger partial charge in [-0.3, -0.25) is 4.98 Å². The summed E-state index contributed by atoms with van der Waals surface area (Å²) in [6.07, 6.45) is 3.59. The summed E-state index contributed by atoms with van der Waals surface area (Å²) in [5.41, 5.74) is 0.487. The lowest BCUT2D eigenvalue weighted by molar-refractivity contribution is 0.350. The molecule has 0 amide bonds. The van der Waals surface area contributed by atoms with Crippen molar-refractivity contribution in [1.82, 2.24) is 9.71 Å². The number of aliphatic hydroxyl groups is 1. The second kappa shape index (κ2) is 4.93. The van der Waals surface area contributed by atoms with Gasteiger partial charge in [0.15, 0.2) is 0 Å². The Labute approximate surface area is 113 Å². The Hall–Kier alpha value is -1.42. The van der Waals surface area contributed by atoms with Gasteiger partial charge in [-0.15, -0.1) is 0 Å². The minimum Gasteiger partial charge on any atom is -0.384 e. The zero-order chi connectivity index (χ0) is 14.1. The molecule has 1 atom stereocenters. The maximum absolute atomic E-state index is 12.1. The van der Waals surface area contributed by atoms with Crippen molar-refractivity contribution >= 4 is 10.0 Å². The summed E-state index contributed by atoms with van der Waals surface area (Å²) in [5.74, 6) is 5.10. The third-order valence-corrected chi connectivity index (χ3v) is 4.58. The summed E-state index contributed by atoms with van der Waals surface area (Å²) >= 11 is 0. The van der Waals surface area contributed by atoms with E-state index in [0.717, 1.165) is 6.42 Å². The zero-order valence-electron chi connectivity index (χ0n) is 10.8. The number of rotatable bonds is 3. The summed E-state index contributed by atoms with van der Waals surface area (Å²) in [6, 6.07) is 1.43. The first-order valence-corrected chi connectivity index (χ1v) is 7.40. The highest BCUT2D eigenvalue weighted by Crippen LogP contribution is 2.45. The topological polar surface area (TPSA) is 79.3 Å². The maximum atomic E-state index is 12.1. The van der Waals surface area contributed by atoms with E-state index in [1.54, 1.807) is 0 Å². The third kappa shape index (κ3) is 3.32. The zero-order valence-corrected chi connectivity index (χ0v) is 11.7. The molecule has 0 spiro atoms. The van der Waals surface area contributed by atoms with Gasteiger partial charge in [0.1, 0.15) is 11.5 Å². The van der Waals surface area contributed by atoms with Crippen molar-refractivity contribution in [3.63, 3.8) is 0 Å². The highest BCUT2D eigenvalue weighted by molar-refractivity contribution is 7.89. The Morgan fingerprint density at radius 3 is 2.79 bits per heavy atom. The van der Waals surface area contributed by atoms with Crippen LogP contribution < -0.4 is 4.72 Å². The van der Waals surface area contributed by atoms with Crippen LogP contribution in [0.25, 0.3) is 0 Å². The van der Waals surface area contributed by atoms with Gasteiger partial charge < -0.3 is 5.11 Å². The SMILES string of the molecule is CC1(C)CC1NS(=O)(=O)c1cncc(C#CCO)c1. The van der Waals surface area contributed by atoms with Gasteiger partial charge in [-0.05, 0) is 17.9 Å². The van der Waals surface area contributed by atoms with E-state index in [0.29, 0.717) is 5.56 Å². The largest absolute Gasteiger partial charge is 0.384 e. The lowest BCUT2D eigenvalue weighted by Crippen LogP contribution is -2.28. The molecule has 0 bridgehead atoms. The predicted molar refractivity (Wildman–Crippen MR) is 70.7 cm³/mol. The van der Waals surface area contributed by atoms with Gasteiger partial charge in [0.2, 0.25) is 10.0 Å². The number of hydrogen-bond acceptors (Lipinski definition) is 4. The molecule has 0 aliphatic heterocycles. The molecule has 1 aliphatic carbocycles. The molecule has 6 heteroatoms. The molecular weight excluding hydrogens is 264 g/mol. The number of nitrogens with zero attached hydrogens (tertiary/aromatic N) is 1. The molecule has 0 saturated heterocycles. The Morgan fingerprint density at radius 2 is 2.21 bits per heavy atom. The van der Waals surface area contributed by atoms with Gasteiger partial charge >= 0.3 is 0 Å². The summed E-state index contributed by atoms with van der Waals surface area (Å²) in [6.45, 7) is 3.76. The second-order valence-corrected chi connectivity index (χ2v) is 6.95. The molecule has 0 aromatic carbocycles. The average molecular weight is 280 g/mol. The molecule has 1 aromatic rings. The number of sulfonamides is 1. The van der Waals surface area contributed by atoms with E-state index in [-0.39, 0.29) is 23.0 Å². The van der Waals surface area contributed by atoms with E-state index in [1.807, 2.05) is 13.8 Å². The molecule has 5 nitrogen and oxygen atoms in total. The van der Waals surface area contributed by atoms with Crippen molar-refractivity contribution in [3.05, 3.63) is 24.0 Å². The Bertz CT molecular complexity index is 641. The van der Waals surface area contributed by atoms with Gasteiger partial charge in [-0.2, -0.15) is 0 Å². The van der Waals surface area contributed by atoms with Crippen molar-refractivity contribution < 1.29 is 13.5 Å². The number of hydrogen-bond donors (Lipinski definition) is 2. The Kier molecular flexibility index (Phi) is 3.63. The van der Waals surface area contributed by atoms with E-state index in [4.69, 9.17) is 5.11 Å². The summed E-state index contributed by atoms with van der Waals surface area (Å²) in [4.78, 5) is 3.96. The highest BCUT2D eigenvalue weighted by Gasteiger charge is 2.47. The number of nitrogens with one attached hydrogen (secondary N) is 1. The second-order valence-electron chi connectivity index (χ2n) is 5.24. The molecule has 102 valence electrons. The van der Waals surface area contributed by atoms with Crippen LogP contribution in [0.2, 0.25) is 0 Å². The van der Waals surface area contributed by atoms with Crippen LogP contribution in [-0.4, -0.2) is 31.2 Å². The van der Waals surface area contributed by atoms with Crippen molar-refractivity contribution in [2.45, 2.75) is 31.2 Å². The molecule has 1 fully saturated rings. The molecule has 2 N–H and O–H groups in total. The van der Waals surface area contributed by atoms with Crippen molar-refractivity contribution in [2.75, 3.05) is 6.61 Å². The van der Waals surface area contributed by atoms with E-state index < -0.39 is 10.0 Å². The Morgan fingerprint density at radius 1 is 1.53 bits per heavy atom. The quantitative estimate of drug-likeness (QED) is 0.790. The fraction of sp³-hybridized carbons (Fsp3) is 0.462. The Balaban J connectivity index is 2.21. The van der Waals surface area contributed by atoms with Crippen molar-refractivity contribution in [2.24, 2.45) is 5.41 Å². The summed E-state index contributed by atoms with van der Waals surface area (Å²) < 4.78 is 27.0. The van der Waals surface area contributed by atoms with Gasteiger partial charge in [-0.1, -0.05) is 25.7 Å². The van der Waals surface area contributed by atoms with Crippen LogP contribution in [0.4, 0.5) is 0 Å². The minimum absolute atomic E-state index is 0.0226. The van der Waals surface area contributed by atoms with Gasteiger partial charge in [0, 0.05) is 24.0 Å². The lowest BCUT2D eigenvalue weighted by atomic mass is 10.2. The summed E-state index contributed by atoms with van der Waals surface area (Å²) in [5, 5.41) is 8.62. The number of pyridine rings is 1. The minimum atomic E-state index is -3.56. The molecule has 1 aromatic heterocycles. The van der Waals surface area contributed by atoms with Gasteiger partial charge in [0.25, 0.3) is 0 Å². The summed E-state index contributed by atoms with van der Waals surface area (Å²) in [7, 11) is -3.56. The predicted octanol–water partition coefficient (Wildman–Crippen LogP) is 0.502. The number of aliphatic hydroxyl groups excluding tert-OH is 1. The van der Waals surface area contributed by atoms with Crippen LogP contribution in [0.15, 0.2) is 23.4 Å². The van der Waals surface area contributed by atoms with E-state index >= 15 is 0 Å². The molecule has 0 radical (unpaired) electrons. The van der Waals surface area contributed by atoms with Crippen molar-refractivity contribution in [1.29, 1.82) is 0 Å². The van der Waals surface area contributed by atoms with E-state index in [9.17, 15) is 8.42 Å². The van der Waals surface area contributed by atoms with Gasteiger partial charge in [-0.25, -0.2) is 13.1 Å². The molecule has 1 saturated carbocycles. The first kappa shape index (κ1) is 14.0. The third-order valence-electron chi connectivity index (χ3n) is 3.15. The maximum Gasteiger partial charge on any atom is 0.242 e. The standard InChI is InChI=1S/C13H16N2O3S/c1-13(2)7-12(13)15-19(17,18)11-6-10(4-3-5-16)8-14-9-11/h6,8-9,12,15-16H,5,7H2,1-2H3. The monoisotopic (exact) mass is 280 g/mol. The number of aromatic nitrogens is 1. The fourth-order valence-electron chi connectivity index (χ4n) is 1.70. The average Bonchev–Trinajstić information content (AvgIpc) is 2.93. The van der Waals surface area contributed by atoms with E-state index in [2.05, 4.69) is 21.5 Å². The highest BCUT2D eigenvalue weighted by atomic mass is 32.2. The van der Waals surface area contributed by atoms with Crippen LogP contribution >= 0.6 is 0 Å². The molecule has 2 rings (SSSR count). The van der Waals surface area contributed by atoms with Crippen LogP contribution in [0.3, 0.4) is 0 Å².